The predicted molar refractivity (Wildman–Crippen MR) is 112 cm³/mol. The summed E-state index contributed by atoms with van der Waals surface area (Å²) in [6.07, 6.45) is 1.73. The van der Waals surface area contributed by atoms with E-state index in [-0.39, 0.29) is 18.0 Å². The molecule has 7 nitrogen and oxygen atoms in total. The number of nitriles is 1. The number of carbonyl (C=O) groups is 2. The van der Waals surface area contributed by atoms with Crippen LogP contribution in [0.5, 0.6) is 0 Å². The first kappa shape index (κ1) is 21.9. The van der Waals surface area contributed by atoms with Crippen molar-refractivity contribution < 1.29 is 14.3 Å². The van der Waals surface area contributed by atoms with E-state index in [9.17, 15) is 14.9 Å². The van der Waals surface area contributed by atoms with E-state index in [1.165, 1.54) is 0 Å². The number of nitrogens with zero attached hydrogens (tertiary/aromatic N) is 2. The van der Waals surface area contributed by atoms with Gasteiger partial charge in [0, 0.05) is 24.2 Å². The molecule has 0 aliphatic heterocycles. The van der Waals surface area contributed by atoms with Gasteiger partial charge in [-0.3, -0.25) is 9.59 Å². The third-order valence-corrected chi connectivity index (χ3v) is 4.63. The molecule has 1 unspecified atom stereocenters. The molecule has 3 N–H and O–H groups in total. The molecule has 29 heavy (non-hydrogen) atoms. The van der Waals surface area contributed by atoms with E-state index in [1.807, 2.05) is 26.0 Å². The van der Waals surface area contributed by atoms with Gasteiger partial charge in [0.05, 0.1) is 19.1 Å². The normalized spacial score (nSPS) is 12.3. The maximum atomic E-state index is 12.5. The first-order valence-corrected chi connectivity index (χ1v) is 9.24. The highest BCUT2D eigenvalue weighted by molar-refractivity contribution is 6.09. The van der Waals surface area contributed by atoms with E-state index in [2.05, 4.69) is 16.8 Å². The number of primary amides is 1. The molecule has 0 radical (unpaired) electrons. The largest absolute Gasteiger partial charge is 0.383 e. The van der Waals surface area contributed by atoms with Gasteiger partial charge in [-0.2, -0.15) is 5.26 Å². The molecule has 1 aromatic heterocycles. The standard InChI is InChI=1S/C22H26N4O3/c1-14-9-18(16(3)26(14)15(2)13-29-4)11-19(12-23)22(28)25-20-7-5-17(6-8-20)10-21(24)27/h5-9,11,15H,10,13H2,1-4H3,(H2,24,27)(H,25,28)/b19-11+. The maximum Gasteiger partial charge on any atom is 0.266 e. The molecule has 0 bridgehead atoms. The minimum atomic E-state index is -0.495. The molecule has 1 atom stereocenters. The third kappa shape index (κ3) is 5.56. The molecule has 2 rings (SSSR count). The van der Waals surface area contributed by atoms with Crippen molar-refractivity contribution in [1.29, 1.82) is 5.26 Å². The number of hydrogen-bond donors (Lipinski definition) is 2. The molecule has 152 valence electrons. The van der Waals surface area contributed by atoms with Gasteiger partial charge < -0.3 is 20.4 Å². The van der Waals surface area contributed by atoms with Crippen LogP contribution in [0, 0.1) is 25.2 Å². The second-order valence-corrected chi connectivity index (χ2v) is 6.96. The fourth-order valence-electron chi connectivity index (χ4n) is 3.35. The number of aromatic nitrogens is 1. The summed E-state index contributed by atoms with van der Waals surface area (Å²) in [6, 6.07) is 10.8. The van der Waals surface area contributed by atoms with Gasteiger partial charge >= 0.3 is 0 Å². The number of ether oxygens (including phenoxy) is 1. The van der Waals surface area contributed by atoms with Gasteiger partial charge in [0.1, 0.15) is 11.6 Å². The maximum absolute atomic E-state index is 12.5. The highest BCUT2D eigenvalue weighted by atomic mass is 16.5. The summed E-state index contributed by atoms with van der Waals surface area (Å²) in [4.78, 5) is 23.5. The zero-order valence-electron chi connectivity index (χ0n) is 17.2. The number of nitrogens with one attached hydrogen (secondary N) is 1. The summed E-state index contributed by atoms with van der Waals surface area (Å²) in [5.41, 5.74) is 9.27. The van der Waals surface area contributed by atoms with Crippen molar-refractivity contribution in [1.82, 2.24) is 4.57 Å². The van der Waals surface area contributed by atoms with Crippen LogP contribution < -0.4 is 11.1 Å². The van der Waals surface area contributed by atoms with Crippen LogP contribution in [0.2, 0.25) is 0 Å². The Labute approximate surface area is 170 Å². The van der Waals surface area contributed by atoms with Gasteiger partial charge in [-0.25, -0.2) is 0 Å². The lowest BCUT2D eigenvalue weighted by Gasteiger charge is -2.17. The number of hydrogen-bond acceptors (Lipinski definition) is 4. The Bertz CT molecular complexity index is 965. The Morgan fingerprint density at radius 3 is 2.52 bits per heavy atom. The molecule has 0 aliphatic carbocycles. The summed E-state index contributed by atoms with van der Waals surface area (Å²) in [5, 5.41) is 12.2. The van der Waals surface area contributed by atoms with Crippen LogP contribution in [-0.2, 0) is 20.7 Å². The lowest BCUT2D eigenvalue weighted by atomic mass is 10.1. The average Bonchev–Trinajstić information content (AvgIpc) is 2.94. The van der Waals surface area contributed by atoms with Gasteiger partial charge in [0.25, 0.3) is 5.91 Å². The first-order valence-electron chi connectivity index (χ1n) is 9.24. The van der Waals surface area contributed by atoms with Crippen molar-refractivity contribution in [3.8, 4) is 6.07 Å². The van der Waals surface area contributed by atoms with Gasteiger partial charge in [-0.05, 0) is 56.2 Å². The first-order chi connectivity index (χ1) is 13.8. The number of nitrogens with two attached hydrogens (primary N) is 1. The van der Waals surface area contributed by atoms with Gasteiger partial charge in [-0.15, -0.1) is 0 Å². The number of carbonyl (C=O) groups excluding carboxylic acids is 2. The summed E-state index contributed by atoms with van der Waals surface area (Å²) in [6.45, 7) is 6.55. The monoisotopic (exact) mass is 394 g/mol. The van der Waals surface area contributed by atoms with Crippen molar-refractivity contribution in [3.63, 3.8) is 0 Å². The van der Waals surface area contributed by atoms with Crippen LogP contribution in [-0.4, -0.2) is 30.1 Å². The molecule has 2 aromatic rings. The lowest BCUT2D eigenvalue weighted by molar-refractivity contribution is -0.117. The van der Waals surface area contributed by atoms with Gasteiger partial charge in [-0.1, -0.05) is 12.1 Å². The van der Waals surface area contributed by atoms with Crippen LogP contribution in [0.4, 0.5) is 5.69 Å². The van der Waals surface area contributed by atoms with Crippen LogP contribution in [0.1, 0.15) is 35.5 Å². The highest BCUT2D eigenvalue weighted by Crippen LogP contribution is 2.23. The molecule has 0 saturated carbocycles. The fraction of sp³-hybridized carbons (Fsp3) is 0.318. The lowest BCUT2D eigenvalue weighted by Crippen LogP contribution is -2.15. The number of amides is 2. The SMILES string of the molecule is COCC(C)n1c(C)cc(/C=C(\C#N)C(=O)Nc2ccc(CC(N)=O)cc2)c1C. The molecule has 0 fully saturated rings. The van der Waals surface area contributed by atoms with Crippen molar-refractivity contribution in [2.75, 3.05) is 19.0 Å². The highest BCUT2D eigenvalue weighted by Gasteiger charge is 2.16. The van der Waals surface area contributed by atoms with E-state index in [4.69, 9.17) is 10.5 Å². The number of anilines is 1. The minimum absolute atomic E-state index is 0.00542. The van der Waals surface area contributed by atoms with Crippen LogP contribution >= 0.6 is 0 Å². The van der Waals surface area contributed by atoms with Gasteiger partial charge in [0.15, 0.2) is 0 Å². The average molecular weight is 394 g/mol. The van der Waals surface area contributed by atoms with Crippen LogP contribution in [0.15, 0.2) is 35.9 Å². The second-order valence-electron chi connectivity index (χ2n) is 6.96. The van der Waals surface area contributed by atoms with Crippen LogP contribution in [0.25, 0.3) is 6.08 Å². The molecule has 0 saturated heterocycles. The van der Waals surface area contributed by atoms with Crippen molar-refractivity contribution >= 4 is 23.6 Å². The Morgan fingerprint density at radius 1 is 1.31 bits per heavy atom. The van der Waals surface area contributed by atoms with E-state index in [1.54, 1.807) is 37.5 Å². The number of methoxy groups -OCH3 is 1. The van der Waals surface area contributed by atoms with E-state index in [0.29, 0.717) is 12.3 Å². The third-order valence-electron chi connectivity index (χ3n) is 4.63. The fourth-order valence-corrected chi connectivity index (χ4v) is 3.35. The molecule has 2 amide bonds. The molecular weight excluding hydrogens is 368 g/mol. The number of rotatable bonds is 8. The minimum Gasteiger partial charge on any atom is -0.383 e. The Kier molecular flexibility index (Phi) is 7.34. The van der Waals surface area contributed by atoms with Crippen molar-refractivity contribution in [2.24, 2.45) is 5.73 Å². The number of aryl methyl sites for hydroxylation is 1. The Hall–Kier alpha value is -3.37. The quantitative estimate of drug-likeness (QED) is 0.530. The molecule has 0 spiro atoms. The molecular formula is C22H26N4O3. The zero-order valence-corrected chi connectivity index (χ0v) is 17.2. The molecule has 0 aliphatic rings. The zero-order chi connectivity index (χ0) is 21.6. The summed E-state index contributed by atoms with van der Waals surface area (Å²) >= 11 is 0. The van der Waals surface area contributed by atoms with Crippen LogP contribution in [0.3, 0.4) is 0 Å². The summed E-state index contributed by atoms with van der Waals surface area (Å²) in [7, 11) is 1.66. The van der Waals surface area contributed by atoms with Crippen molar-refractivity contribution in [3.05, 3.63) is 58.4 Å². The second kappa shape index (κ2) is 9.71. The molecule has 1 heterocycles. The number of benzene rings is 1. The molecule has 7 heteroatoms. The summed E-state index contributed by atoms with van der Waals surface area (Å²) < 4.78 is 7.36. The van der Waals surface area contributed by atoms with Crippen molar-refractivity contribution in [2.45, 2.75) is 33.2 Å². The smallest absolute Gasteiger partial charge is 0.266 e. The Balaban J connectivity index is 2.21. The predicted octanol–water partition coefficient (Wildman–Crippen LogP) is 2.89. The Morgan fingerprint density at radius 2 is 1.97 bits per heavy atom. The topological polar surface area (TPSA) is 110 Å². The van der Waals surface area contributed by atoms with E-state index < -0.39 is 11.8 Å². The van der Waals surface area contributed by atoms with E-state index in [0.717, 1.165) is 22.5 Å². The molecule has 1 aromatic carbocycles. The van der Waals surface area contributed by atoms with E-state index >= 15 is 0 Å². The summed E-state index contributed by atoms with van der Waals surface area (Å²) in [5.74, 6) is -0.918. The van der Waals surface area contributed by atoms with Gasteiger partial charge in [0.2, 0.25) is 5.91 Å².